The van der Waals surface area contributed by atoms with Crippen LogP contribution in [0.15, 0.2) is 84.9 Å². The zero-order valence-electron chi connectivity index (χ0n) is 15.5. The maximum absolute atomic E-state index is 13.1. The van der Waals surface area contributed by atoms with Crippen LogP contribution in [0.25, 0.3) is 0 Å². The van der Waals surface area contributed by atoms with Crippen LogP contribution < -0.4 is 10.2 Å². The molecule has 3 aromatic rings. The molecule has 0 spiro atoms. The molecule has 3 aromatic carbocycles. The SMILES string of the molecule is C[C@@H]1C[C@H](Nc2ccccc2)c2ccccc2N1C(=O)Cc1ccccc1. The minimum Gasteiger partial charge on any atom is -0.378 e. The first-order valence-corrected chi connectivity index (χ1v) is 9.49. The summed E-state index contributed by atoms with van der Waals surface area (Å²) in [6, 6.07) is 28.8. The first kappa shape index (κ1) is 17.3. The number of anilines is 2. The summed E-state index contributed by atoms with van der Waals surface area (Å²) in [5, 5.41) is 3.64. The number of hydrogen-bond donors (Lipinski definition) is 1. The van der Waals surface area contributed by atoms with Gasteiger partial charge in [-0.05, 0) is 42.7 Å². The van der Waals surface area contributed by atoms with Crippen molar-refractivity contribution >= 4 is 17.3 Å². The first-order chi connectivity index (χ1) is 13.2. The highest BCUT2D eigenvalue weighted by Crippen LogP contribution is 2.39. The van der Waals surface area contributed by atoms with Crippen molar-refractivity contribution in [3.05, 3.63) is 96.1 Å². The molecule has 2 atom stereocenters. The summed E-state index contributed by atoms with van der Waals surface area (Å²) < 4.78 is 0. The van der Waals surface area contributed by atoms with Crippen molar-refractivity contribution in [3.8, 4) is 0 Å². The van der Waals surface area contributed by atoms with Gasteiger partial charge in [0.2, 0.25) is 5.91 Å². The van der Waals surface area contributed by atoms with E-state index in [0.717, 1.165) is 23.4 Å². The maximum Gasteiger partial charge on any atom is 0.231 e. The molecule has 0 bridgehead atoms. The zero-order valence-corrected chi connectivity index (χ0v) is 15.5. The van der Waals surface area contributed by atoms with Gasteiger partial charge in [-0.25, -0.2) is 0 Å². The van der Waals surface area contributed by atoms with Crippen LogP contribution in [0, 0.1) is 0 Å². The van der Waals surface area contributed by atoms with Crippen LogP contribution in [0.2, 0.25) is 0 Å². The number of hydrogen-bond acceptors (Lipinski definition) is 2. The quantitative estimate of drug-likeness (QED) is 0.696. The van der Waals surface area contributed by atoms with Gasteiger partial charge in [-0.1, -0.05) is 66.7 Å². The number of para-hydroxylation sites is 2. The lowest BCUT2D eigenvalue weighted by Crippen LogP contribution is -2.45. The Kier molecular flexibility index (Phi) is 4.93. The van der Waals surface area contributed by atoms with Gasteiger partial charge < -0.3 is 10.2 Å². The van der Waals surface area contributed by atoms with E-state index in [0.29, 0.717) is 6.42 Å². The number of amides is 1. The molecular formula is C24H24N2O. The van der Waals surface area contributed by atoms with Gasteiger partial charge >= 0.3 is 0 Å². The van der Waals surface area contributed by atoms with E-state index in [-0.39, 0.29) is 18.0 Å². The number of nitrogens with one attached hydrogen (secondary N) is 1. The van der Waals surface area contributed by atoms with Gasteiger partial charge in [0.1, 0.15) is 0 Å². The summed E-state index contributed by atoms with van der Waals surface area (Å²) in [7, 11) is 0. The van der Waals surface area contributed by atoms with Gasteiger partial charge in [0.05, 0.1) is 12.5 Å². The second-order valence-corrected chi connectivity index (χ2v) is 7.13. The Morgan fingerprint density at radius 3 is 2.30 bits per heavy atom. The Bertz CT molecular complexity index is 908. The number of nitrogens with zero attached hydrogens (tertiary/aromatic N) is 1. The highest BCUT2D eigenvalue weighted by Gasteiger charge is 2.33. The molecule has 0 radical (unpaired) electrons. The summed E-state index contributed by atoms with van der Waals surface area (Å²) in [6.07, 6.45) is 1.31. The highest BCUT2D eigenvalue weighted by atomic mass is 16.2. The molecule has 3 heteroatoms. The Balaban J connectivity index is 1.62. The highest BCUT2D eigenvalue weighted by molar-refractivity contribution is 5.96. The Hall–Kier alpha value is -3.07. The molecular weight excluding hydrogens is 332 g/mol. The number of rotatable bonds is 4. The molecule has 1 amide bonds. The van der Waals surface area contributed by atoms with Gasteiger partial charge in [-0.2, -0.15) is 0 Å². The molecule has 1 aliphatic rings. The van der Waals surface area contributed by atoms with Crippen LogP contribution in [-0.2, 0) is 11.2 Å². The smallest absolute Gasteiger partial charge is 0.231 e. The van der Waals surface area contributed by atoms with Gasteiger partial charge in [0.25, 0.3) is 0 Å². The summed E-state index contributed by atoms with van der Waals surface area (Å²) >= 11 is 0. The standard InChI is InChI=1S/C24H24N2O/c1-18-16-22(25-20-12-6-3-7-13-20)21-14-8-9-15-23(21)26(18)24(27)17-19-10-4-2-5-11-19/h2-15,18,22,25H,16-17H2,1H3/t18-,22+/m1/s1. The molecule has 0 aliphatic carbocycles. The third kappa shape index (κ3) is 3.72. The van der Waals surface area contributed by atoms with E-state index in [1.54, 1.807) is 0 Å². The Morgan fingerprint density at radius 1 is 0.926 bits per heavy atom. The van der Waals surface area contributed by atoms with E-state index in [4.69, 9.17) is 0 Å². The average Bonchev–Trinajstić information content (AvgIpc) is 2.69. The van der Waals surface area contributed by atoms with E-state index in [1.807, 2.05) is 65.6 Å². The van der Waals surface area contributed by atoms with Crippen molar-refractivity contribution < 1.29 is 4.79 Å². The lowest BCUT2D eigenvalue weighted by molar-refractivity contribution is -0.118. The molecule has 1 N–H and O–H groups in total. The van der Waals surface area contributed by atoms with Gasteiger partial charge in [-0.3, -0.25) is 4.79 Å². The van der Waals surface area contributed by atoms with Crippen molar-refractivity contribution in [1.82, 2.24) is 0 Å². The van der Waals surface area contributed by atoms with Crippen molar-refractivity contribution in [3.63, 3.8) is 0 Å². The molecule has 0 fully saturated rings. The molecule has 0 aromatic heterocycles. The van der Waals surface area contributed by atoms with E-state index in [2.05, 4.69) is 36.5 Å². The summed E-state index contributed by atoms with van der Waals surface area (Å²) in [6.45, 7) is 2.14. The largest absolute Gasteiger partial charge is 0.378 e. The summed E-state index contributed by atoms with van der Waals surface area (Å²) in [5.41, 5.74) is 4.36. The van der Waals surface area contributed by atoms with Crippen molar-refractivity contribution in [1.29, 1.82) is 0 Å². The number of carbonyl (C=O) groups is 1. The lowest BCUT2D eigenvalue weighted by atomic mass is 9.91. The van der Waals surface area contributed by atoms with E-state index in [1.165, 1.54) is 5.56 Å². The normalized spacial score (nSPS) is 18.6. The Labute approximate surface area is 160 Å². The van der Waals surface area contributed by atoms with E-state index < -0.39 is 0 Å². The van der Waals surface area contributed by atoms with Crippen LogP contribution in [0.5, 0.6) is 0 Å². The number of carbonyl (C=O) groups excluding carboxylic acids is 1. The fourth-order valence-electron chi connectivity index (χ4n) is 3.92. The first-order valence-electron chi connectivity index (χ1n) is 9.49. The predicted molar refractivity (Wildman–Crippen MR) is 111 cm³/mol. The van der Waals surface area contributed by atoms with Crippen LogP contribution in [0.1, 0.15) is 30.5 Å². The fraction of sp³-hybridized carbons (Fsp3) is 0.208. The second kappa shape index (κ2) is 7.67. The second-order valence-electron chi connectivity index (χ2n) is 7.13. The molecule has 3 nitrogen and oxygen atoms in total. The molecule has 0 saturated heterocycles. The van der Waals surface area contributed by atoms with Crippen LogP contribution in [0.3, 0.4) is 0 Å². The van der Waals surface area contributed by atoms with E-state index in [9.17, 15) is 4.79 Å². The molecule has 27 heavy (non-hydrogen) atoms. The molecule has 0 saturated carbocycles. The van der Waals surface area contributed by atoms with Crippen molar-refractivity contribution in [2.75, 3.05) is 10.2 Å². The minimum atomic E-state index is 0.136. The van der Waals surface area contributed by atoms with Crippen molar-refractivity contribution in [2.24, 2.45) is 0 Å². The summed E-state index contributed by atoms with van der Waals surface area (Å²) in [5.74, 6) is 0.152. The number of fused-ring (bicyclic) bond motifs is 1. The lowest BCUT2D eigenvalue weighted by Gasteiger charge is -2.40. The maximum atomic E-state index is 13.1. The monoisotopic (exact) mass is 356 g/mol. The minimum absolute atomic E-state index is 0.136. The third-order valence-corrected chi connectivity index (χ3v) is 5.17. The van der Waals surface area contributed by atoms with Crippen LogP contribution in [0.4, 0.5) is 11.4 Å². The molecule has 136 valence electrons. The molecule has 1 aliphatic heterocycles. The molecule has 1 heterocycles. The van der Waals surface area contributed by atoms with E-state index >= 15 is 0 Å². The van der Waals surface area contributed by atoms with Gasteiger partial charge in [0.15, 0.2) is 0 Å². The predicted octanol–water partition coefficient (Wildman–Crippen LogP) is 5.21. The molecule has 0 unspecified atom stereocenters. The van der Waals surface area contributed by atoms with Crippen LogP contribution in [-0.4, -0.2) is 11.9 Å². The third-order valence-electron chi connectivity index (χ3n) is 5.17. The Morgan fingerprint density at radius 2 is 1.56 bits per heavy atom. The zero-order chi connectivity index (χ0) is 18.6. The average molecular weight is 356 g/mol. The van der Waals surface area contributed by atoms with Crippen molar-refractivity contribution in [2.45, 2.75) is 31.8 Å². The van der Waals surface area contributed by atoms with Gasteiger partial charge in [0, 0.05) is 17.4 Å². The van der Waals surface area contributed by atoms with Gasteiger partial charge in [-0.15, -0.1) is 0 Å². The summed E-state index contributed by atoms with van der Waals surface area (Å²) in [4.78, 5) is 15.1. The number of benzene rings is 3. The molecule has 4 rings (SSSR count). The van der Waals surface area contributed by atoms with Crippen LogP contribution >= 0.6 is 0 Å². The fourth-order valence-corrected chi connectivity index (χ4v) is 3.92. The topological polar surface area (TPSA) is 32.3 Å².